The van der Waals surface area contributed by atoms with Crippen LogP contribution in [0.15, 0.2) is 0 Å². The fourth-order valence-corrected chi connectivity index (χ4v) is 3.69. The van der Waals surface area contributed by atoms with Crippen molar-refractivity contribution in [2.24, 2.45) is 5.92 Å². The third-order valence-electron chi connectivity index (χ3n) is 4.83. The molecule has 2 aliphatic rings. The van der Waals surface area contributed by atoms with Gasteiger partial charge in [0, 0.05) is 32.0 Å². The topological polar surface area (TPSA) is 63.3 Å². The van der Waals surface area contributed by atoms with Gasteiger partial charge in [0.2, 0.25) is 0 Å². The van der Waals surface area contributed by atoms with Crippen molar-refractivity contribution in [1.29, 1.82) is 0 Å². The highest BCUT2D eigenvalue weighted by atomic mass is 16.5. The molecule has 0 aromatic carbocycles. The van der Waals surface area contributed by atoms with E-state index in [9.17, 15) is 0 Å². The molecule has 1 aromatic rings. The molecule has 0 bridgehead atoms. The number of rotatable bonds is 5. The molecule has 1 aromatic heterocycles. The summed E-state index contributed by atoms with van der Waals surface area (Å²) in [5.74, 6) is 2.43. The summed E-state index contributed by atoms with van der Waals surface area (Å²) in [5.41, 5.74) is 0. The quantitative estimate of drug-likeness (QED) is 0.889. The van der Waals surface area contributed by atoms with Gasteiger partial charge in [-0.25, -0.2) is 4.98 Å². The van der Waals surface area contributed by atoms with Crippen LogP contribution >= 0.6 is 0 Å². The maximum atomic E-state index is 5.74. The zero-order valence-corrected chi connectivity index (χ0v) is 13.0. The molecule has 2 fully saturated rings. The minimum absolute atomic E-state index is 0.375. The molecule has 21 heavy (non-hydrogen) atoms. The van der Waals surface area contributed by atoms with Crippen LogP contribution in [-0.2, 0) is 22.4 Å². The Morgan fingerprint density at radius 2 is 2.33 bits per heavy atom. The first-order valence-corrected chi connectivity index (χ1v) is 8.06. The van der Waals surface area contributed by atoms with Gasteiger partial charge in [-0.3, -0.25) is 10.00 Å². The Labute approximate surface area is 126 Å². The summed E-state index contributed by atoms with van der Waals surface area (Å²) in [6, 6.07) is 0.432. The molecule has 1 N–H and O–H groups in total. The van der Waals surface area contributed by atoms with Crippen LogP contribution in [0.3, 0.4) is 0 Å². The lowest BCUT2D eigenvalue weighted by molar-refractivity contribution is -0.0615. The van der Waals surface area contributed by atoms with Crippen molar-refractivity contribution in [1.82, 2.24) is 20.1 Å². The van der Waals surface area contributed by atoms with Crippen molar-refractivity contribution in [3.63, 3.8) is 0 Å². The standard InChI is InChI=1S/C15H26N4O2/c1-3-14-16-15(18-17-14)9-19-7-8-21-10-12(19)11-5-4-6-13(11)20-2/h11-13H,3-10H2,1-2H3,(H,16,17,18)/t11-,12+,13-/m0/s1. The lowest BCUT2D eigenvalue weighted by Gasteiger charge is -2.40. The van der Waals surface area contributed by atoms with Crippen LogP contribution in [0.2, 0.25) is 0 Å². The van der Waals surface area contributed by atoms with Crippen LogP contribution in [-0.4, -0.2) is 59.1 Å². The van der Waals surface area contributed by atoms with E-state index in [0.717, 1.165) is 44.4 Å². The molecule has 0 unspecified atom stereocenters. The largest absolute Gasteiger partial charge is 0.381 e. The van der Waals surface area contributed by atoms with E-state index in [1.165, 1.54) is 19.3 Å². The van der Waals surface area contributed by atoms with E-state index in [0.29, 0.717) is 18.1 Å². The molecule has 1 aliphatic heterocycles. The van der Waals surface area contributed by atoms with Gasteiger partial charge in [-0.1, -0.05) is 13.3 Å². The number of H-pyrrole nitrogens is 1. The Morgan fingerprint density at radius 1 is 1.43 bits per heavy atom. The van der Waals surface area contributed by atoms with Crippen molar-refractivity contribution in [2.75, 3.05) is 26.9 Å². The second-order valence-corrected chi connectivity index (χ2v) is 6.03. The summed E-state index contributed by atoms with van der Waals surface area (Å²) in [7, 11) is 1.83. The lowest BCUT2D eigenvalue weighted by Crippen LogP contribution is -2.51. The number of ether oxygens (including phenoxy) is 2. The SMILES string of the molecule is CCc1n[nH]c(CN2CCOC[C@@H]2[C@@H]2CCC[C@@H]2OC)n1. The van der Waals surface area contributed by atoms with Crippen LogP contribution in [0.25, 0.3) is 0 Å². The first kappa shape index (κ1) is 14.9. The van der Waals surface area contributed by atoms with Gasteiger partial charge in [0.25, 0.3) is 0 Å². The van der Waals surface area contributed by atoms with Crippen LogP contribution < -0.4 is 0 Å². The van der Waals surface area contributed by atoms with Gasteiger partial charge in [-0.05, 0) is 12.8 Å². The molecule has 1 saturated heterocycles. The van der Waals surface area contributed by atoms with Crippen molar-refractivity contribution in [3.8, 4) is 0 Å². The second kappa shape index (κ2) is 6.85. The van der Waals surface area contributed by atoms with Crippen LogP contribution in [0.5, 0.6) is 0 Å². The fraction of sp³-hybridized carbons (Fsp3) is 0.867. The number of hydrogen-bond donors (Lipinski definition) is 1. The number of aromatic amines is 1. The third kappa shape index (κ3) is 3.27. The monoisotopic (exact) mass is 294 g/mol. The molecule has 3 atom stereocenters. The summed E-state index contributed by atoms with van der Waals surface area (Å²) in [6.07, 6.45) is 4.92. The van der Waals surface area contributed by atoms with E-state index in [-0.39, 0.29) is 0 Å². The van der Waals surface area contributed by atoms with Gasteiger partial charge >= 0.3 is 0 Å². The minimum atomic E-state index is 0.375. The Balaban J connectivity index is 1.69. The van der Waals surface area contributed by atoms with E-state index >= 15 is 0 Å². The number of nitrogens with zero attached hydrogens (tertiary/aromatic N) is 3. The van der Waals surface area contributed by atoms with E-state index in [1.54, 1.807) is 0 Å². The highest BCUT2D eigenvalue weighted by Gasteiger charge is 2.38. The maximum absolute atomic E-state index is 5.74. The number of methoxy groups -OCH3 is 1. The smallest absolute Gasteiger partial charge is 0.150 e. The molecule has 0 radical (unpaired) electrons. The van der Waals surface area contributed by atoms with Gasteiger partial charge in [0.05, 0.1) is 25.9 Å². The van der Waals surface area contributed by atoms with Crippen molar-refractivity contribution < 1.29 is 9.47 Å². The van der Waals surface area contributed by atoms with Crippen molar-refractivity contribution in [3.05, 3.63) is 11.6 Å². The molecule has 1 aliphatic carbocycles. The van der Waals surface area contributed by atoms with Gasteiger partial charge < -0.3 is 9.47 Å². The molecule has 1 saturated carbocycles. The molecule has 3 rings (SSSR count). The summed E-state index contributed by atoms with van der Waals surface area (Å²) < 4.78 is 11.4. The second-order valence-electron chi connectivity index (χ2n) is 6.03. The summed E-state index contributed by atoms with van der Waals surface area (Å²) in [6.45, 7) is 5.47. The Morgan fingerprint density at radius 3 is 3.10 bits per heavy atom. The Bertz CT molecular complexity index is 451. The van der Waals surface area contributed by atoms with Crippen molar-refractivity contribution in [2.45, 2.75) is 51.3 Å². The van der Waals surface area contributed by atoms with Gasteiger partial charge in [-0.2, -0.15) is 5.10 Å². The predicted octanol–water partition coefficient (Wildman–Crippen LogP) is 1.38. The minimum Gasteiger partial charge on any atom is -0.381 e. The van der Waals surface area contributed by atoms with Gasteiger partial charge in [0.15, 0.2) is 0 Å². The first-order valence-electron chi connectivity index (χ1n) is 8.06. The fourth-order valence-electron chi connectivity index (χ4n) is 3.69. The summed E-state index contributed by atoms with van der Waals surface area (Å²) >= 11 is 0. The maximum Gasteiger partial charge on any atom is 0.150 e. The average molecular weight is 294 g/mol. The van der Waals surface area contributed by atoms with Gasteiger partial charge in [0.1, 0.15) is 11.6 Å². The number of aryl methyl sites for hydroxylation is 1. The van der Waals surface area contributed by atoms with E-state index in [1.807, 2.05) is 7.11 Å². The predicted molar refractivity (Wildman–Crippen MR) is 78.9 cm³/mol. The average Bonchev–Trinajstić information content (AvgIpc) is 3.16. The molecule has 0 amide bonds. The molecular weight excluding hydrogens is 268 g/mol. The molecule has 6 nitrogen and oxygen atoms in total. The first-order chi connectivity index (χ1) is 10.3. The van der Waals surface area contributed by atoms with Crippen LogP contribution in [0.4, 0.5) is 0 Å². The van der Waals surface area contributed by atoms with E-state index < -0.39 is 0 Å². The molecular formula is C15H26N4O2. The Kier molecular flexibility index (Phi) is 4.87. The molecule has 6 heteroatoms. The van der Waals surface area contributed by atoms with E-state index in [2.05, 4.69) is 27.0 Å². The number of hydrogen-bond acceptors (Lipinski definition) is 5. The summed E-state index contributed by atoms with van der Waals surface area (Å²) in [4.78, 5) is 7.03. The zero-order valence-electron chi connectivity index (χ0n) is 13.0. The van der Waals surface area contributed by atoms with Crippen molar-refractivity contribution >= 4 is 0 Å². The molecule has 2 heterocycles. The number of nitrogens with one attached hydrogen (secondary N) is 1. The lowest BCUT2D eigenvalue weighted by atomic mass is 9.94. The van der Waals surface area contributed by atoms with Crippen LogP contribution in [0, 0.1) is 5.92 Å². The van der Waals surface area contributed by atoms with Crippen LogP contribution in [0.1, 0.15) is 37.8 Å². The van der Waals surface area contributed by atoms with E-state index in [4.69, 9.17) is 9.47 Å². The summed E-state index contributed by atoms with van der Waals surface area (Å²) in [5, 5.41) is 7.30. The number of aromatic nitrogens is 3. The highest BCUT2D eigenvalue weighted by molar-refractivity contribution is 4.95. The third-order valence-corrected chi connectivity index (χ3v) is 4.83. The normalized spacial score (nSPS) is 30.9. The number of morpholine rings is 1. The van der Waals surface area contributed by atoms with Gasteiger partial charge in [-0.15, -0.1) is 0 Å². The zero-order chi connectivity index (χ0) is 14.7. The molecule has 0 spiro atoms. The molecule has 118 valence electrons. The highest BCUT2D eigenvalue weighted by Crippen LogP contribution is 2.34. The Hall–Kier alpha value is -0.980.